The summed E-state index contributed by atoms with van der Waals surface area (Å²) in [6, 6.07) is 7.59. The van der Waals surface area contributed by atoms with Gasteiger partial charge >= 0.3 is 5.97 Å². The van der Waals surface area contributed by atoms with E-state index in [0.29, 0.717) is 13.2 Å². The number of hydrogen-bond acceptors (Lipinski definition) is 5. The van der Waals surface area contributed by atoms with E-state index < -0.39 is 17.4 Å². The standard InChI is InChI=1S/C22H27NO5/c1-4-5-12-27-21(25)18-17-10-11-22(28-17)13-23(20(24)19(18)22)14(2)15-6-8-16(26-3)9-7-15/h6-11,14,17-19H,4-5,12-13H2,1-3H3/t14-,17-,18-,19+,22-/m1/s1. The molecule has 0 unspecified atom stereocenters. The molecule has 3 heterocycles. The van der Waals surface area contributed by atoms with Gasteiger partial charge in [-0.05, 0) is 31.0 Å². The van der Waals surface area contributed by atoms with E-state index in [4.69, 9.17) is 14.2 Å². The van der Waals surface area contributed by atoms with Crippen molar-refractivity contribution in [2.75, 3.05) is 20.3 Å². The number of esters is 1. The van der Waals surface area contributed by atoms with Crippen molar-refractivity contribution in [2.24, 2.45) is 11.8 Å². The van der Waals surface area contributed by atoms with E-state index in [1.54, 1.807) is 7.11 Å². The number of unbranched alkanes of at least 4 members (excludes halogenated alkanes) is 1. The molecule has 5 atom stereocenters. The lowest BCUT2D eigenvalue weighted by atomic mass is 9.77. The van der Waals surface area contributed by atoms with Crippen LogP contribution in [-0.2, 0) is 19.1 Å². The molecule has 28 heavy (non-hydrogen) atoms. The van der Waals surface area contributed by atoms with Crippen LogP contribution in [0.5, 0.6) is 5.75 Å². The van der Waals surface area contributed by atoms with Crippen LogP contribution in [0.1, 0.15) is 38.3 Å². The molecule has 6 nitrogen and oxygen atoms in total. The van der Waals surface area contributed by atoms with Crippen LogP contribution in [0.2, 0.25) is 0 Å². The summed E-state index contributed by atoms with van der Waals surface area (Å²) in [4.78, 5) is 27.8. The van der Waals surface area contributed by atoms with Crippen molar-refractivity contribution in [3.63, 3.8) is 0 Å². The summed E-state index contributed by atoms with van der Waals surface area (Å²) >= 11 is 0. The molecular formula is C22H27NO5. The Morgan fingerprint density at radius 3 is 2.79 bits per heavy atom. The minimum atomic E-state index is -0.711. The number of carbonyl (C=O) groups excluding carboxylic acids is 2. The fourth-order valence-electron chi connectivity index (χ4n) is 4.60. The summed E-state index contributed by atoms with van der Waals surface area (Å²) in [6.07, 6.45) is 5.30. The number of fused-ring (bicyclic) bond motifs is 1. The molecule has 2 fully saturated rings. The number of rotatable bonds is 7. The highest BCUT2D eigenvalue weighted by molar-refractivity contribution is 5.91. The Balaban J connectivity index is 1.54. The van der Waals surface area contributed by atoms with Gasteiger partial charge < -0.3 is 19.1 Å². The molecule has 3 aliphatic heterocycles. The second-order valence-corrected chi connectivity index (χ2v) is 7.84. The monoisotopic (exact) mass is 385 g/mol. The molecule has 1 aromatic rings. The number of benzene rings is 1. The molecule has 0 N–H and O–H groups in total. The van der Waals surface area contributed by atoms with Gasteiger partial charge in [-0.1, -0.05) is 37.6 Å². The summed E-state index contributed by atoms with van der Waals surface area (Å²) < 4.78 is 16.8. The maximum atomic E-state index is 13.3. The van der Waals surface area contributed by atoms with E-state index in [0.717, 1.165) is 24.2 Å². The molecule has 0 aliphatic carbocycles. The second-order valence-electron chi connectivity index (χ2n) is 7.84. The Bertz CT molecular complexity index is 789. The molecule has 2 bridgehead atoms. The first-order valence-electron chi connectivity index (χ1n) is 9.99. The van der Waals surface area contributed by atoms with Gasteiger partial charge in [0.05, 0.1) is 38.3 Å². The zero-order valence-corrected chi connectivity index (χ0v) is 16.6. The smallest absolute Gasteiger partial charge is 0.312 e. The summed E-state index contributed by atoms with van der Waals surface area (Å²) in [5.74, 6) is -0.631. The molecule has 150 valence electrons. The van der Waals surface area contributed by atoms with Crippen molar-refractivity contribution >= 4 is 11.9 Å². The molecule has 0 aromatic heterocycles. The first-order valence-corrected chi connectivity index (χ1v) is 9.99. The van der Waals surface area contributed by atoms with Crippen molar-refractivity contribution in [2.45, 2.75) is 44.4 Å². The number of hydrogen-bond donors (Lipinski definition) is 0. The van der Waals surface area contributed by atoms with Crippen LogP contribution in [0.3, 0.4) is 0 Å². The Morgan fingerprint density at radius 1 is 1.36 bits per heavy atom. The van der Waals surface area contributed by atoms with Crippen LogP contribution in [0.15, 0.2) is 36.4 Å². The molecule has 1 aromatic carbocycles. The van der Waals surface area contributed by atoms with Gasteiger partial charge in [-0.25, -0.2) is 0 Å². The van der Waals surface area contributed by atoms with Crippen LogP contribution in [0, 0.1) is 11.8 Å². The SMILES string of the molecule is CCCCOC(=O)[C@H]1[C@H]2C(=O)N([C@H](C)c3ccc(OC)cc3)C[C@]23C=C[C@H]1O3. The second kappa shape index (κ2) is 7.24. The fraction of sp³-hybridized carbons (Fsp3) is 0.545. The number of amides is 1. The number of nitrogens with zero attached hydrogens (tertiary/aromatic N) is 1. The van der Waals surface area contributed by atoms with Gasteiger partial charge in [0.25, 0.3) is 0 Å². The van der Waals surface area contributed by atoms with Crippen LogP contribution in [0.25, 0.3) is 0 Å². The highest BCUT2D eigenvalue weighted by Crippen LogP contribution is 2.53. The predicted octanol–water partition coefficient (Wildman–Crippen LogP) is 2.88. The Labute approximate surface area is 165 Å². The van der Waals surface area contributed by atoms with E-state index >= 15 is 0 Å². The van der Waals surface area contributed by atoms with E-state index in [1.807, 2.05) is 55.2 Å². The van der Waals surface area contributed by atoms with Gasteiger partial charge in [-0.3, -0.25) is 9.59 Å². The minimum Gasteiger partial charge on any atom is -0.497 e. The lowest BCUT2D eigenvalue weighted by Gasteiger charge is -2.27. The van der Waals surface area contributed by atoms with Gasteiger partial charge in [0.1, 0.15) is 17.3 Å². The fourth-order valence-corrected chi connectivity index (χ4v) is 4.60. The summed E-state index contributed by atoms with van der Waals surface area (Å²) in [7, 11) is 1.63. The first kappa shape index (κ1) is 19.0. The van der Waals surface area contributed by atoms with Crippen molar-refractivity contribution in [3.05, 3.63) is 42.0 Å². The Morgan fingerprint density at radius 2 is 2.11 bits per heavy atom. The van der Waals surface area contributed by atoms with Crippen LogP contribution in [-0.4, -0.2) is 48.7 Å². The summed E-state index contributed by atoms with van der Waals surface area (Å²) in [6.45, 7) is 4.89. The molecule has 2 saturated heterocycles. The van der Waals surface area contributed by atoms with Gasteiger partial charge in [0.15, 0.2) is 0 Å². The topological polar surface area (TPSA) is 65.1 Å². The predicted molar refractivity (Wildman–Crippen MR) is 103 cm³/mol. The third kappa shape index (κ3) is 2.91. The van der Waals surface area contributed by atoms with Crippen molar-refractivity contribution in [1.82, 2.24) is 4.90 Å². The summed E-state index contributed by atoms with van der Waals surface area (Å²) in [5.41, 5.74) is 0.308. The van der Waals surface area contributed by atoms with Crippen LogP contribution in [0.4, 0.5) is 0 Å². The number of methoxy groups -OCH3 is 1. The molecule has 3 aliphatic rings. The maximum absolute atomic E-state index is 13.3. The average Bonchev–Trinajstić information content (AvgIpc) is 3.36. The number of carbonyl (C=O) groups is 2. The van der Waals surface area contributed by atoms with E-state index in [1.165, 1.54) is 0 Å². The van der Waals surface area contributed by atoms with Crippen molar-refractivity contribution in [1.29, 1.82) is 0 Å². The van der Waals surface area contributed by atoms with Crippen LogP contribution < -0.4 is 4.74 Å². The minimum absolute atomic E-state index is 0.0346. The first-order chi connectivity index (χ1) is 13.5. The zero-order valence-electron chi connectivity index (χ0n) is 16.6. The molecule has 6 heteroatoms. The van der Waals surface area contributed by atoms with Gasteiger partial charge in [0.2, 0.25) is 5.91 Å². The quantitative estimate of drug-likeness (QED) is 0.410. The number of likely N-dealkylation sites (tertiary alicyclic amines) is 1. The van der Waals surface area contributed by atoms with Gasteiger partial charge in [-0.15, -0.1) is 0 Å². The maximum Gasteiger partial charge on any atom is 0.312 e. The highest BCUT2D eigenvalue weighted by Gasteiger charge is 2.67. The summed E-state index contributed by atoms with van der Waals surface area (Å²) in [5, 5.41) is 0. The average molecular weight is 385 g/mol. The largest absolute Gasteiger partial charge is 0.497 e. The third-order valence-electron chi connectivity index (χ3n) is 6.21. The molecule has 1 spiro atoms. The molecule has 0 radical (unpaired) electrons. The van der Waals surface area contributed by atoms with Crippen LogP contribution >= 0.6 is 0 Å². The van der Waals surface area contributed by atoms with E-state index in [-0.39, 0.29) is 24.0 Å². The third-order valence-corrected chi connectivity index (χ3v) is 6.21. The molecule has 4 rings (SSSR count). The normalized spacial score (nSPS) is 31.2. The molecule has 0 saturated carbocycles. The van der Waals surface area contributed by atoms with E-state index in [9.17, 15) is 9.59 Å². The molecule has 1 amide bonds. The van der Waals surface area contributed by atoms with Crippen molar-refractivity contribution < 1.29 is 23.8 Å². The molecular weight excluding hydrogens is 358 g/mol. The highest BCUT2D eigenvalue weighted by atomic mass is 16.6. The van der Waals surface area contributed by atoms with E-state index in [2.05, 4.69) is 0 Å². The van der Waals surface area contributed by atoms with Gasteiger partial charge in [-0.2, -0.15) is 0 Å². The Hall–Kier alpha value is -2.34. The lowest BCUT2D eigenvalue weighted by Crippen LogP contribution is -2.40. The zero-order chi connectivity index (χ0) is 19.9. The number of ether oxygens (including phenoxy) is 3. The lowest BCUT2D eigenvalue weighted by molar-refractivity contribution is -0.154. The van der Waals surface area contributed by atoms with Crippen molar-refractivity contribution in [3.8, 4) is 5.75 Å². The van der Waals surface area contributed by atoms with Gasteiger partial charge in [0, 0.05) is 0 Å². The Kier molecular flexibility index (Phi) is 4.91.